The molecule has 0 saturated carbocycles. The van der Waals surface area contributed by atoms with Crippen LogP contribution >= 0.6 is 0 Å². The van der Waals surface area contributed by atoms with E-state index in [0.29, 0.717) is 24.5 Å². The normalized spacial score (nSPS) is 12.0. The van der Waals surface area contributed by atoms with Gasteiger partial charge in [0.15, 0.2) is 11.5 Å². The minimum absolute atomic E-state index is 0.0348. The van der Waals surface area contributed by atoms with Gasteiger partial charge < -0.3 is 19.7 Å². The molecule has 3 aromatic carbocycles. The molecule has 3 aromatic rings. The first kappa shape index (κ1) is 33.5. The summed E-state index contributed by atoms with van der Waals surface area (Å²) in [5, 5.41) is 2.94. The Bertz CT molecular complexity index is 1510. The summed E-state index contributed by atoms with van der Waals surface area (Å²) in [5.74, 6) is 0.157. The maximum Gasteiger partial charge on any atom is 0.264 e. The van der Waals surface area contributed by atoms with E-state index < -0.39 is 28.5 Å². The van der Waals surface area contributed by atoms with Crippen LogP contribution in [-0.4, -0.2) is 58.5 Å². The third-order valence-corrected chi connectivity index (χ3v) is 8.84. The number of nitrogens with zero attached hydrogens (tertiary/aromatic N) is 2. The average Bonchev–Trinajstić information content (AvgIpc) is 2.98. The van der Waals surface area contributed by atoms with Gasteiger partial charge in [-0.25, -0.2) is 8.42 Å². The molecule has 0 spiro atoms. The van der Waals surface area contributed by atoms with Crippen LogP contribution in [0.2, 0.25) is 0 Å². The quantitative estimate of drug-likeness (QED) is 0.273. The molecule has 0 bridgehead atoms. The summed E-state index contributed by atoms with van der Waals surface area (Å²) in [6.45, 7) is 9.71. The average molecular weight is 610 g/mol. The molecule has 1 unspecified atom stereocenters. The van der Waals surface area contributed by atoms with Crippen LogP contribution in [0.15, 0.2) is 71.6 Å². The molecular formula is C33H43N3O6S. The number of nitrogens with one attached hydrogen (secondary N) is 1. The number of rotatable bonds is 14. The molecule has 0 fully saturated rings. The number of sulfonamides is 1. The predicted octanol–water partition coefficient (Wildman–Crippen LogP) is 5.10. The summed E-state index contributed by atoms with van der Waals surface area (Å²) in [4.78, 5) is 29.1. The number of amides is 2. The zero-order valence-electron chi connectivity index (χ0n) is 26.1. The first-order valence-electron chi connectivity index (χ1n) is 14.3. The van der Waals surface area contributed by atoms with E-state index in [4.69, 9.17) is 9.47 Å². The van der Waals surface area contributed by atoms with Crippen LogP contribution in [0.5, 0.6) is 11.5 Å². The summed E-state index contributed by atoms with van der Waals surface area (Å²) in [5.41, 5.74) is 2.97. The van der Waals surface area contributed by atoms with Gasteiger partial charge in [-0.3, -0.25) is 13.9 Å². The zero-order chi connectivity index (χ0) is 31.7. The molecule has 9 nitrogen and oxygen atoms in total. The summed E-state index contributed by atoms with van der Waals surface area (Å²) in [7, 11) is -1.27. The number of carbonyl (C=O) groups excluding carboxylic acids is 2. The van der Waals surface area contributed by atoms with Crippen LogP contribution in [0.3, 0.4) is 0 Å². The van der Waals surface area contributed by atoms with Crippen molar-refractivity contribution in [1.82, 2.24) is 10.2 Å². The number of benzene rings is 3. The number of hydrogen-bond donors (Lipinski definition) is 1. The monoisotopic (exact) mass is 609 g/mol. The zero-order valence-corrected chi connectivity index (χ0v) is 26.9. The third kappa shape index (κ3) is 8.50. The van der Waals surface area contributed by atoms with Crippen molar-refractivity contribution < 1.29 is 27.5 Å². The highest BCUT2D eigenvalue weighted by Gasteiger charge is 2.34. The van der Waals surface area contributed by atoms with Crippen molar-refractivity contribution in [3.8, 4) is 11.5 Å². The van der Waals surface area contributed by atoms with E-state index in [1.165, 1.54) is 37.3 Å². The van der Waals surface area contributed by atoms with Gasteiger partial charge in [0, 0.05) is 19.2 Å². The van der Waals surface area contributed by atoms with Gasteiger partial charge in [-0.2, -0.15) is 0 Å². The van der Waals surface area contributed by atoms with Crippen molar-refractivity contribution in [2.75, 3.05) is 31.6 Å². The topological polar surface area (TPSA) is 105 Å². The van der Waals surface area contributed by atoms with Gasteiger partial charge in [0.2, 0.25) is 11.8 Å². The van der Waals surface area contributed by atoms with E-state index in [1.807, 2.05) is 58.9 Å². The summed E-state index contributed by atoms with van der Waals surface area (Å²) in [6.07, 6.45) is 0.350. The van der Waals surface area contributed by atoms with Crippen molar-refractivity contribution in [2.45, 2.75) is 58.5 Å². The first-order chi connectivity index (χ1) is 20.4. The summed E-state index contributed by atoms with van der Waals surface area (Å²) in [6, 6.07) is 18.0. The van der Waals surface area contributed by atoms with Crippen molar-refractivity contribution in [3.05, 3.63) is 83.4 Å². The minimum atomic E-state index is -4.21. The molecule has 1 atom stereocenters. The van der Waals surface area contributed by atoms with Gasteiger partial charge in [0.1, 0.15) is 12.6 Å². The Morgan fingerprint density at radius 3 is 2.14 bits per heavy atom. The Morgan fingerprint density at radius 1 is 0.884 bits per heavy atom. The van der Waals surface area contributed by atoms with Crippen molar-refractivity contribution in [3.63, 3.8) is 0 Å². The lowest BCUT2D eigenvalue weighted by Crippen LogP contribution is -2.52. The summed E-state index contributed by atoms with van der Waals surface area (Å²) >= 11 is 0. The number of aryl methyl sites for hydroxylation is 2. The van der Waals surface area contributed by atoms with Crippen LogP contribution in [0, 0.1) is 19.8 Å². The van der Waals surface area contributed by atoms with E-state index in [1.54, 1.807) is 24.3 Å². The SMILES string of the molecule is CCC(C(=O)NCC(C)C)N(Cc1cccc(C)c1)C(=O)CN(c1ccc(OC)c(OC)c1)S(=O)(=O)c1ccc(C)cc1. The van der Waals surface area contributed by atoms with Gasteiger partial charge in [-0.1, -0.05) is 68.3 Å². The molecule has 3 rings (SSSR count). The fraction of sp³-hybridized carbons (Fsp3) is 0.394. The largest absolute Gasteiger partial charge is 0.493 e. The molecule has 1 N–H and O–H groups in total. The fourth-order valence-corrected chi connectivity index (χ4v) is 6.10. The van der Waals surface area contributed by atoms with Crippen molar-refractivity contribution in [2.24, 2.45) is 5.92 Å². The first-order valence-corrected chi connectivity index (χ1v) is 15.8. The second-order valence-electron chi connectivity index (χ2n) is 10.9. The highest BCUT2D eigenvalue weighted by Crippen LogP contribution is 2.34. The highest BCUT2D eigenvalue weighted by molar-refractivity contribution is 7.92. The number of hydrogen-bond acceptors (Lipinski definition) is 6. The maximum absolute atomic E-state index is 14.3. The molecule has 0 aromatic heterocycles. The Kier molecular flexibility index (Phi) is 11.6. The second kappa shape index (κ2) is 14.9. The Morgan fingerprint density at radius 2 is 1.56 bits per heavy atom. The fourth-order valence-electron chi connectivity index (χ4n) is 4.70. The standard InChI is InChI=1S/C33H43N3O6S/c1-8-29(33(38)34-20-23(2)3)35(21-26-11-9-10-25(5)18-26)32(37)22-36(27-14-17-30(41-6)31(19-27)42-7)43(39,40)28-15-12-24(4)13-16-28/h9-19,23,29H,8,20-22H2,1-7H3,(H,34,38). The number of anilines is 1. The van der Waals surface area contributed by atoms with Gasteiger partial charge in [-0.05, 0) is 56.0 Å². The lowest BCUT2D eigenvalue weighted by Gasteiger charge is -2.33. The third-order valence-electron chi connectivity index (χ3n) is 7.05. The Balaban J connectivity index is 2.11. The molecule has 0 aliphatic carbocycles. The van der Waals surface area contributed by atoms with E-state index in [2.05, 4.69) is 5.32 Å². The van der Waals surface area contributed by atoms with Crippen molar-refractivity contribution in [1.29, 1.82) is 0 Å². The Labute approximate surface area is 255 Å². The highest BCUT2D eigenvalue weighted by atomic mass is 32.2. The number of methoxy groups -OCH3 is 2. The minimum Gasteiger partial charge on any atom is -0.493 e. The number of ether oxygens (including phenoxy) is 2. The molecule has 0 aliphatic rings. The molecule has 0 radical (unpaired) electrons. The van der Waals surface area contributed by atoms with Gasteiger partial charge in [-0.15, -0.1) is 0 Å². The molecule has 2 amide bonds. The predicted molar refractivity (Wildman–Crippen MR) is 169 cm³/mol. The number of carbonyl (C=O) groups is 2. The smallest absolute Gasteiger partial charge is 0.264 e. The van der Waals surface area contributed by atoms with E-state index >= 15 is 0 Å². The molecule has 232 valence electrons. The lowest BCUT2D eigenvalue weighted by molar-refractivity contribution is -0.140. The molecule has 43 heavy (non-hydrogen) atoms. The van der Waals surface area contributed by atoms with Crippen LogP contribution in [0.4, 0.5) is 5.69 Å². The van der Waals surface area contributed by atoms with Crippen LogP contribution in [-0.2, 0) is 26.2 Å². The van der Waals surface area contributed by atoms with E-state index in [0.717, 1.165) is 21.0 Å². The maximum atomic E-state index is 14.3. The van der Waals surface area contributed by atoms with Crippen LogP contribution < -0.4 is 19.1 Å². The Hall–Kier alpha value is -4.05. The van der Waals surface area contributed by atoms with Gasteiger partial charge >= 0.3 is 0 Å². The van der Waals surface area contributed by atoms with Gasteiger partial charge in [0.25, 0.3) is 10.0 Å². The molecule has 0 saturated heterocycles. The molecule has 10 heteroatoms. The van der Waals surface area contributed by atoms with Crippen LogP contribution in [0.1, 0.15) is 43.9 Å². The van der Waals surface area contributed by atoms with Crippen molar-refractivity contribution >= 4 is 27.5 Å². The molecule has 0 aliphatic heterocycles. The molecule has 0 heterocycles. The summed E-state index contributed by atoms with van der Waals surface area (Å²) < 4.78 is 40.1. The second-order valence-corrected chi connectivity index (χ2v) is 12.8. The van der Waals surface area contributed by atoms with Crippen LogP contribution in [0.25, 0.3) is 0 Å². The van der Waals surface area contributed by atoms with Gasteiger partial charge in [0.05, 0.1) is 24.8 Å². The van der Waals surface area contributed by atoms with E-state index in [9.17, 15) is 18.0 Å². The van der Waals surface area contributed by atoms with E-state index in [-0.39, 0.29) is 29.0 Å². The lowest BCUT2D eigenvalue weighted by atomic mass is 10.1. The molecular weight excluding hydrogens is 566 g/mol.